The second-order valence-corrected chi connectivity index (χ2v) is 4.90. The van der Waals surface area contributed by atoms with Crippen LogP contribution in [0.5, 0.6) is 0 Å². The Kier molecular flexibility index (Phi) is 3.19. The summed E-state index contributed by atoms with van der Waals surface area (Å²) in [6.45, 7) is 0. The molecule has 0 saturated carbocycles. The zero-order valence-electron chi connectivity index (χ0n) is 10.0. The van der Waals surface area contributed by atoms with Crippen LogP contribution < -0.4 is 5.32 Å². The molecule has 2 aromatic heterocycles. The van der Waals surface area contributed by atoms with E-state index in [0.29, 0.717) is 21.2 Å². The highest BCUT2D eigenvalue weighted by atomic mass is 79.9. The van der Waals surface area contributed by atoms with Gasteiger partial charge < -0.3 is 5.32 Å². The Morgan fingerprint density at radius 2 is 2.20 bits per heavy atom. The van der Waals surface area contributed by atoms with E-state index in [1.807, 2.05) is 0 Å². The molecule has 1 N–H and O–H groups in total. The lowest BCUT2D eigenvalue weighted by Gasteiger charge is -2.06. The van der Waals surface area contributed by atoms with Crippen LogP contribution in [0.4, 0.5) is 10.1 Å². The minimum atomic E-state index is -0.380. The Morgan fingerprint density at radius 3 is 3.00 bits per heavy atom. The molecule has 0 aliphatic rings. The number of aromatic nitrogens is 3. The molecule has 3 aromatic rings. The summed E-state index contributed by atoms with van der Waals surface area (Å²) in [4.78, 5) is 16.2. The van der Waals surface area contributed by atoms with Gasteiger partial charge in [-0.3, -0.25) is 9.78 Å². The predicted octanol–water partition coefficient (Wildman–Crippen LogP) is 2.88. The maximum atomic E-state index is 13.0. The highest BCUT2D eigenvalue weighted by Gasteiger charge is 2.14. The third kappa shape index (κ3) is 2.27. The van der Waals surface area contributed by atoms with Gasteiger partial charge >= 0.3 is 0 Å². The maximum absolute atomic E-state index is 13.0. The smallest absolute Gasteiger partial charge is 0.259 e. The van der Waals surface area contributed by atoms with Crippen LogP contribution in [0.15, 0.2) is 47.5 Å². The number of amides is 1. The molecule has 5 nitrogen and oxygen atoms in total. The van der Waals surface area contributed by atoms with E-state index in [-0.39, 0.29) is 11.7 Å². The lowest BCUT2D eigenvalue weighted by molar-refractivity contribution is 0.102. The van der Waals surface area contributed by atoms with Gasteiger partial charge in [-0.25, -0.2) is 8.91 Å². The standard InChI is InChI=1S/C13H8BrFN4O/c14-10-5-8(15)1-2-11(10)18-13(20)9-6-17-19-4-3-16-7-12(9)19/h1-7H,(H,18,20). The van der Waals surface area contributed by atoms with Crippen LogP contribution in [0.2, 0.25) is 0 Å². The average molecular weight is 335 g/mol. The fourth-order valence-electron chi connectivity index (χ4n) is 1.79. The molecule has 0 aliphatic heterocycles. The van der Waals surface area contributed by atoms with Crippen molar-refractivity contribution in [1.82, 2.24) is 14.6 Å². The molecule has 2 heterocycles. The van der Waals surface area contributed by atoms with Gasteiger partial charge in [-0.15, -0.1) is 0 Å². The number of halogens is 2. The molecule has 20 heavy (non-hydrogen) atoms. The van der Waals surface area contributed by atoms with Crippen molar-refractivity contribution in [3.63, 3.8) is 0 Å². The van der Waals surface area contributed by atoms with Crippen molar-refractivity contribution >= 4 is 33.0 Å². The van der Waals surface area contributed by atoms with Gasteiger partial charge in [0.15, 0.2) is 0 Å². The van der Waals surface area contributed by atoms with Crippen molar-refractivity contribution in [2.45, 2.75) is 0 Å². The fraction of sp³-hybridized carbons (Fsp3) is 0. The molecule has 7 heteroatoms. The summed E-state index contributed by atoms with van der Waals surface area (Å²) in [5.74, 6) is -0.713. The largest absolute Gasteiger partial charge is 0.321 e. The van der Waals surface area contributed by atoms with Crippen LogP contribution >= 0.6 is 15.9 Å². The number of hydrogen-bond donors (Lipinski definition) is 1. The number of benzene rings is 1. The first-order chi connectivity index (χ1) is 9.65. The van der Waals surface area contributed by atoms with Crippen LogP contribution in [0.25, 0.3) is 5.52 Å². The molecule has 0 fully saturated rings. The molecule has 0 bridgehead atoms. The molecule has 0 aliphatic carbocycles. The van der Waals surface area contributed by atoms with Gasteiger partial charge in [-0.2, -0.15) is 5.10 Å². The summed E-state index contributed by atoms with van der Waals surface area (Å²) < 4.78 is 15.0. The first-order valence-corrected chi connectivity index (χ1v) is 6.48. The Labute approximate surface area is 121 Å². The molecule has 1 aromatic carbocycles. The molecule has 100 valence electrons. The summed E-state index contributed by atoms with van der Waals surface area (Å²) in [6, 6.07) is 4.05. The monoisotopic (exact) mass is 334 g/mol. The van der Waals surface area contributed by atoms with Crippen molar-refractivity contribution in [3.8, 4) is 0 Å². The van der Waals surface area contributed by atoms with Crippen molar-refractivity contribution in [2.75, 3.05) is 5.32 Å². The number of hydrogen-bond acceptors (Lipinski definition) is 3. The average Bonchev–Trinajstić information content (AvgIpc) is 2.86. The van der Waals surface area contributed by atoms with Gasteiger partial charge in [-0.05, 0) is 34.1 Å². The highest BCUT2D eigenvalue weighted by molar-refractivity contribution is 9.10. The summed E-state index contributed by atoms with van der Waals surface area (Å²) in [7, 11) is 0. The van der Waals surface area contributed by atoms with Crippen LogP contribution in [0, 0.1) is 5.82 Å². The summed E-state index contributed by atoms with van der Waals surface area (Å²) in [5, 5.41) is 6.76. The Morgan fingerprint density at radius 1 is 1.35 bits per heavy atom. The zero-order valence-corrected chi connectivity index (χ0v) is 11.6. The topological polar surface area (TPSA) is 59.3 Å². The van der Waals surface area contributed by atoms with E-state index in [4.69, 9.17) is 0 Å². The lowest BCUT2D eigenvalue weighted by atomic mass is 10.2. The summed E-state index contributed by atoms with van der Waals surface area (Å²) >= 11 is 3.20. The first-order valence-electron chi connectivity index (χ1n) is 5.69. The van der Waals surface area contributed by atoms with E-state index >= 15 is 0 Å². The molecule has 0 spiro atoms. The zero-order chi connectivity index (χ0) is 14.1. The van der Waals surface area contributed by atoms with Gasteiger partial charge in [-0.1, -0.05) is 0 Å². The molecular formula is C13H8BrFN4O. The minimum Gasteiger partial charge on any atom is -0.321 e. The molecular weight excluding hydrogens is 327 g/mol. The van der Waals surface area contributed by atoms with E-state index < -0.39 is 0 Å². The van der Waals surface area contributed by atoms with Crippen LogP contribution in [-0.4, -0.2) is 20.5 Å². The first kappa shape index (κ1) is 12.7. The lowest BCUT2D eigenvalue weighted by Crippen LogP contribution is -2.12. The van der Waals surface area contributed by atoms with Crippen molar-refractivity contribution in [2.24, 2.45) is 0 Å². The third-order valence-corrected chi connectivity index (χ3v) is 3.40. The molecule has 0 unspecified atom stereocenters. The number of nitrogens with zero attached hydrogens (tertiary/aromatic N) is 3. The highest BCUT2D eigenvalue weighted by Crippen LogP contribution is 2.24. The number of rotatable bonds is 2. The maximum Gasteiger partial charge on any atom is 0.259 e. The van der Waals surface area contributed by atoms with Gasteiger partial charge in [0.2, 0.25) is 0 Å². The number of fused-ring (bicyclic) bond motifs is 1. The predicted molar refractivity (Wildman–Crippen MR) is 75.0 cm³/mol. The Balaban J connectivity index is 1.93. The normalized spacial score (nSPS) is 10.7. The number of carbonyl (C=O) groups is 1. The van der Waals surface area contributed by atoms with Crippen LogP contribution in [0.1, 0.15) is 10.4 Å². The Hall–Kier alpha value is -2.28. The summed E-state index contributed by atoms with van der Waals surface area (Å²) in [6.07, 6.45) is 6.25. The van der Waals surface area contributed by atoms with Crippen LogP contribution in [-0.2, 0) is 0 Å². The van der Waals surface area contributed by atoms with Crippen molar-refractivity contribution in [3.05, 3.63) is 58.8 Å². The van der Waals surface area contributed by atoms with Gasteiger partial charge in [0, 0.05) is 16.9 Å². The fourth-order valence-corrected chi connectivity index (χ4v) is 2.24. The van der Waals surface area contributed by atoms with E-state index in [1.54, 1.807) is 23.1 Å². The van der Waals surface area contributed by atoms with Crippen LogP contribution in [0.3, 0.4) is 0 Å². The van der Waals surface area contributed by atoms with Crippen molar-refractivity contribution < 1.29 is 9.18 Å². The molecule has 0 atom stereocenters. The van der Waals surface area contributed by atoms with E-state index in [0.717, 1.165) is 0 Å². The quantitative estimate of drug-likeness (QED) is 0.783. The van der Waals surface area contributed by atoms with Gasteiger partial charge in [0.05, 0.1) is 29.2 Å². The molecule has 0 radical (unpaired) electrons. The second kappa shape index (κ2) is 5.01. The number of anilines is 1. The van der Waals surface area contributed by atoms with E-state index in [9.17, 15) is 9.18 Å². The number of nitrogens with one attached hydrogen (secondary N) is 1. The minimum absolute atomic E-state index is 0.333. The molecule has 3 rings (SSSR count). The SMILES string of the molecule is O=C(Nc1ccc(F)cc1Br)c1cnn2ccncc12. The van der Waals surface area contributed by atoms with Gasteiger partial charge in [0.25, 0.3) is 5.91 Å². The molecule has 0 saturated heterocycles. The third-order valence-electron chi connectivity index (χ3n) is 2.75. The number of carbonyl (C=O) groups excluding carboxylic acids is 1. The summed E-state index contributed by atoms with van der Waals surface area (Å²) in [5.41, 5.74) is 1.48. The second-order valence-electron chi connectivity index (χ2n) is 4.04. The van der Waals surface area contributed by atoms with E-state index in [1.165, 1.54) is 24.4 Å². The molecule has 1 amide bonds. The van der Waals surface area contributed by atoms with Gasteiger partial charge in [0.1, 0.15) is 5.82 Å². The van der Waals surface area contributed by atoms with E-state index in [2.05, 4.69) is 31.3 Å². The Bertz CT molecular complexity index is 802. The van der Waals surface area contributed by atoms with Crippen molar-refractivity contribution in [1.29, 1.82) is 0 Å².